The smallest absolute Gasteiger partial charge is 0.336 e. The zero-order chi connectivity index (χ0) is 20.1. The molecule has 148 valence electrons. The Balaban J connectivity index is 0.000000194. The van der Waals surface area contributed by atoms with Gasteiger partial charge < -0.3 is 30.6 Å². The second kappa shape index (κ2) is 8.61. The molecule has 2 fully saturated rings. The van der Waals surface area contributed by atoms with Crippen LogP contribution in [0.1, 0.15) is 48.0 Å². The van der Waals surface area contributed by atoms with Crippen LogP contribution in [0.5, 0.6) is 17.2 Å². The Hall–Kier alpha value is -2.97. The number of benzene rings is 1. The summed E-state index contributed by atoms with van der Waals surface area (Å²) in [6.07, 6.45) is 4.61. The maximum absolute atomic E-state index is 11.9. The van der Waals surface area contributed by atoms with Gasteiger partial charge in [0.2, 0.25) is 17.6 Å². The molecule has 1 atom stereocenters. The van der Waals surface area contributed by atoms with E-state index in [0.29, 0.717) is 12.8 Å². The molecular formula is C18H24N2O7. The SMILES string of the molecule is Cc1c(C(=O)O)cc(O)c(O)c1O.O=C1CC[C@H](C(=O)N2CCCCC2)N1. The fourth-order valence-corrected chi connectivity index (χ4v) is 3.10. The Kier molecular flexibility index (Phi) is 6.49. The van der Waals surface area contributed by atoms with Crippen LogP contribution < -0.4 is 5.32 Å². The third-order valence-electron chi connectivity index (χ3n) is 4.70. The summed E-state index contributed by atoms with van der Waals surface area (Å²) in [5.41, 5.74) is -0.226. The van der Waals surface area contributed by atoms with Gasteiger partial charge >= 0.3 is 5.97 Å². The Morgan fingerprint density at radius 1 is 1.11 bits per heavy atom. The number of piperidine rings is 1. The number of aromatic carboxylic acids is 1. The average Bonchev–Trinajstić information content (AvgIpc) is 3.09. The summed E-state index contributed by atoms with van der Waals surface area (Å²) in [5.74, 6) is -3.11. The molecule has 0 aliphatic carbocycles. The maximum Gasteiger partial charge on any atom is 0.336 e. The number of amides is 2. The van der Waals surface area contributed by atoms with Crippen molar-refractivity contribution in [3.8, 4) is 17.2 Å². The third kappa shape index (κ3) is 4.81. The molecule has 2 heterocycles. The van der Waals surface area contributed by atoms with Gasteiger partial charge in [-0.1, -0.05) is 0 Å². The van der Waals surface area contributed by atoms with Gasteiger partial charge in [-0.15, -0.1) is 0 Å². The lowest BCUT2D eigenvalue weighted by molar-refractivity contribution is -0.135. The van der Waals surface area contributed by atoms with Crippen molar-refractivity contribution in [2.24, 2.45) is 0 Å². The molecule has 2 saturated heterocycles. The maximum atomic E-state index is 11.9. The molecule has 0 spiro atoms. The van der Waals surface area contributed by atoms with Gasteiger partial charge in [-0.3, -0.25) is 9.59 Å². The van der Waals surface area contributed by atoms with E-state index in [1.54, 1.807) is 0 Å². The monoisotopic (exact) mass is 380 g/mol. The lowest BCUT2D eigenvalue weighted by Gasteiger charge is -2.28. The fourth-order valence-electron chi connectivity index (χ4n) is 3.10. The Bertz CT molecular complexity index is 742. The van der Waals surface area contributed by atoms with Crippen LogP contribution in [0.2, 0.25) is 0 Å². The average molecular weight is 380 g/mol. The van der Waals surface area contributed by atoms with Gasteiger partial charge in [0.25, 0.3) is 0 Å². The number of aromatic hydroxyl groups is 3. The van der Waals surface area contributed by atoms with E-state index in [1.807, 2.05) is 4.90 Å². The predicted octanol–water partition coefficient (Wildman–Crippen LogP) is 1.09. The molecule has 27 heavy (non-hydrogen) atoms. The quantitative estimate of drug-likeness (QED) is 0.482. The van der Waals surface area contributed by atoms with E-state index in [-0.39, 0.29) is 29.0 Å². The van der Waals surface area contributed by atoms with Gasteiger partial charge in [-0.2, -0.15) is 0 Å². The van der Waals surface area contributed by atoms with Crippen molar-refractivity contribution in [2.75, 3.05) is 13.1 Å². The minimum atomic E-state index is -1.27. The number of hydrogen-bond donors (Lipinski definition) is 5. The molecule has 3 rings (SSSR count). The molecule has 2 aliphatic rings. The lowest BCUT2D eigenvalue weighted by Crippen LogP contribution is -2.46. The van der Waals surface area contributed by atoms with Crippen LogP contribution in [0.4, 0.5) is 0 Å². The standard InChI is InChI=1S/C10H16N2O2.C8H8O5/c13-9-5-4-8(11-9)10(14)12-6-2-1-3-7-12;1-3-4(8(12)13)2-5(9)7(11)6(3)10/h8H,1-7H2,(H,11,13);2,9-11H,1H3,(H,12,13)/t8-;/m1./s1. The number of carbonyl (C=O) groups is 3. The van der Waals surface area contributed by atoms with E-state index in [2.05, 4.69) is 5.32 Å². The van der Waals surface area contributed by atoms with Gasteiger partial charge in [0.15, 0.2) is 11.5 Å². The number of hydrogen-bond acceptors (Lipinski definition) is 6. The molecule has 9 heteroatoms. The number of carboxylic acid groups (broad SMARTS) is 1. The summed E-state index contributed by atoms with van der Waals surface area (Å²) in [6.45, 7) is 3.06. The van der Waals surface area contributed by atoms with Crippen LogP contribution in [0.15, 0.2) is 6.07 Å². The second-order valence-electron chi connectivity index (χ2n) is 6.62. The molecule has 0 saturated carbocycles. The molecule has 2 aliphatic heterocycles. The highest BCUT2D eigenvalue weighted by Crippen LogP contribution is 2.38. The number of likely N-dealkylation sites (tertiary alicyclic amines) is 1. The summed E-state index contributed by atoms with van der Waals surface area (Å²) in [4.78, 5) is 35.2. The molecular weight excluding hydrogens is 356 g/mol. The number of nitrogens with one attached hydrogen (secondary N) is 1. The Morgan fingerprint density at radius 2 is 1.74 bits per heavy atom. The first-order valence-corrected chi connectivity index (χ1v) is 8.78. The summed E-state index contributed by atoms with van der Waals surface area (Å²) in [5, 5.41) is 38.4. The van der Waals surface area contributed by atoms with Crippen molar-refractivity contribution in [3.63, 3.8) is 0 Å². The van der Waals surface area contributed by atoms with Crippen LogP contribution in [-0.2, 0) is 9.59 Å². The Morgan fingerprint density at radius 3 is 2.26 bits per heavy atom. The normalized spacial score (nSPS) is 19.1. The van der Waals surface area contributed by atoms with Crippen molar-refractivity contribution >= 4 is 17.8 Å². The number of rotatable bonds is 2. The minimum absolute atomic E-state index is 0.0142. The highest BCUT2D eigenvalue weighted by molar-refractivity contribution is 5.91. The van der Waals surface area contributed by atoms with Gasteiger partial charge in [-0.25, -0.2) is 4.79 Å². The molecule has 2 amide bonds. The number of carbonyl (C=O) groups excluding carboxylic acids is 2. The minimum Gasteiger partial charge on any atom is -0.504 e. The van der Waals surface area contributed by atoms with Crippen molar-refractivity contribution < 1.29 is 34.8 Å². The zero-order valence-corrected chi connectivity index (χ0v) is 15.1. The largest absolute Gasteiger partial charge is 0.504 e. The van der Waals surface area contributed by atoms with E-state index < -0.39 is 23.2 Å². The number of phenolic OH excluding ortho intramolecular Hbond substituents is 3. The summed E-state index contributed by atoms with van der Waals surface area (Å²) >= 11 is 0. The number of carboxylic acids is 1. The van der Waals surface area contributed by atoms with Gasteiger partial charge in [0.05, 0.1) is 5.56 Å². The van der Waals surface area contributed by atoms with E-state index in [9.17, 15) is 14.4 Å². The molecule has 9 nitrogen and oxygen atoms in total. The number of nitrogens with zero attached hydrogens (tertiary/aromatic N) is 1. The molecule has 1 aromatic rings. The highest BCUT2D eigenvalue weighted by atomic mass is 16.4. The molecule has 0 radical (unpaired) electrons. The van der Waals surface area contributed by atoms with E-state index >= 15 is 0 Å². The first-order chi connectivity index (χ1) is 12.7. The van der Waals surface area contributed by atoms with Crippen LogP contribution in [0.25, 0.3) is 0 Å². The van der Waals surface area contributed by atoms with E-state index in [1.165, 1.54) is 13.3 Å². The molecule has 0 unspecified atom stereocenters. The topological polar surface area (TPSA) is 147 Å². The van der Waals surface area contributed by atoms with E-state index in [0.717, 1.165) is 32.0 Å². The van der Waals surface area contributed by atoms with Crippen LogP contribution in [-0.4, -0.2) is 62.2 Å². The molecule has 0 bridgehead atoms. The van der Waals surface area contributed by atoms with Crippen molar-refractivity contribution in [3.05, 3.63) is 17.2 Å². The zero-order valence-electron chi connectivity index (χ0n) is 15.1. The number of phenols is 3. The summed E-state index contributed by atoms with van der Waals surface area (Å²) in [7, 11) is 0. The predicted molar refractivity (Wildman–Crippen MR) is 94.7 cm³/mol. The Labute approximate surface area is 156 Å². The van der Waals surface area contributed by atoms with Crippen LogP contribution >= 0.6 is 0 Å². The third-order valence-corrected chi connectivity index (χ3v) is 4.70. The molecule has 0 aromatic heterocycles. The van der Waals surface area contributed by atoms with Crippen LogP contribution in [0.3, 0.4) is 0 Å². The summed E-state index contributed by atoms with van der Waals surface area (Å²) in [6, 6.07) is 0.646. The first kappa shape index (κ1) is 20.3. The molecule has 1 aromatic carbocycles. The first-order valence-electron chi connectivity index (χ1n) is 8.78. The second-order valence-corrected chi connectivity index (χ2v) is 6.62. The van der Waals surface area contributed by atoms with Crippen molar-refractivity contribution in [2.45, 2.75) is 45.1 Å². The van der Waals surface area contributed by atoms with Crippen molar-refractivity contribution in [1.29, 1.82) is 0 Å². The van der Waals surface area contributed by atoms with Crippen molar-refractivity contribution in [1.82, 2.24) is 10.2 Å². The van der Waals surface area contributed by atoms with Crippen LogP contribution in [0, 0.1) is 6.92 Å². The van der Waals surface area contributed by atoms with Gasteiger partial charge in [0.1, 0.15) is 6.04 Å². The highest BCUT2D eigenvalue weighted by Gasteiger charge is 2.31. The molecule has 5 N–H and O–H groups in total. The summed E-state index contributed by atoms with van der Waals surface area (Å²) < 4.78 is 0. The van der Waals surface area contributed by atoms with Gasteiger partial charge in [-0.05, 0) is 38.7 Å². The lowest BCUT2D eigenvalue weighted by atomic mass is 10.1. The van der Waals surface area contributed by atoms with E-state index in [4.69, 9.17) is 20.4 Å². The fraction of sp³-hybridized carbons (Fsp3) is 0.500. The van der Waals surface area contributed by atoms with Gasteiger partial charge in [0, 0.05) is 25.1 Å².